The highest BCUT2D eigenvalue weighted by molar-refractivity contribution is 7.80. The zero-order valence-corrected chi connectivity index (χ0v) is 20.1. The number of amides is 2. The highest BCUT2D eigenvalue weighted by Crippen LogP contribution is 2.28. The monoisotopic (exact) mass is 492 g/mol. The first-order valence-corrected chi connectivity index (χ1v) is 11.5. The molecule has 1 N–H and O–H groups in total. The molecule has 1 aliphatic heterocycles. The van der Waals surface area contributed by atoms with E-state index in [1.54, 1.807) is 43.5 Å². The van der Waals surface area contributed by atoms with Gasteiger partial charge < -0.3 is 9.30 Å². The molecule has 4 aromatic rings. The second-order valence-electron chi connectivity index (χ2n) is 8.15. The third kappa shape index (κ3) is 4.13. The maximum Gasteiger partial charge on any atom is 0.270 e. The number of rotatable bonds is 5. The van der Waals surface area contributed by atoms with Crippen LogP contribution in [0.4, 0.5) is 5.69 Å². The van der Waals surface area contributed by atoms with Crippen LogP contribution in [-0.2, 0) is 16.1 Å². The van der Waals surface area contributed by atoms with Crippen molar-refractivity contribution in [1.82, 2.24) is 9.88 Å². The first-order valence-electron chi connectivity index (χ1n) is 11.1. The Morgan fingerprint density at radius 3 is 2.50 bits per heavy atom. The van der Waals surface area contributed by atoms with Gasteiger partial charge in [-0.3, -0.25) is 19.8 Å². The summed E-state index contributed by atoms with van der Waals surface area (Å²) in [6.45, 7) is 0.468. The maximum absolute atomic E-state index is 13.5. The van der Waals surface area contributed by atoms with Crippen LogP contribution in [0.3, 0.4) is 0 Å². The van der Waals surface area contributed by atoms with Crippen molar-refractivity contribution >= 4 is 51.8 Å². The van der Waals surface area contributed by atoms with Gasteiger partial charge in [-0.2, -0.15) is 5.26 Å². The van der Waals surface area contributed by atoms with Crippen LogP contribution in [0.15, 0.2) is 84.6 Å². The Bertz CT molecular complexity index is 1600. The van der Waals surface area contributed by atoms with Crippen molar-refractivity contribution in [2.75, 3.05) is 12.0 Å². The second-order valence-corrected chi connectivity index (χ2v) is 8.54. The summed E-state index contributed by atoms with van der Waals surface area (Å²) < 4.78 is 7.20. The molecule has 36 heavy (non-hydrogen) atoms. The van der Waals surface area contributed by atoms with E-state index in [2.05, 4.69) is 11.4 Å². The van der Waals surface area contributed by atoms with Crippen LogP contribution in [0.5, 0.6) is 5.75 Å². The summed E-state index contributed by atoms with van der Waals surface area (Å²) in [6, 6.07) is 24.2. The van der Waals surface area contributed by atoms with E-state index in [1.165, 1.54) is 4.90 Å². The molecule has 3 aromatic carbocycles. The van der Waals surface area contributed by atoms with Gasteiger partial charge in [-0.05, 0) is 60.3 Å². The minimum atomic E-state index is -0.554. The van der Waals surface area contributed by atoms with E-state index in [1.807, 2.05) is 53.2 Å². The predicted molar refractivity (Wildman–Crippen MR) is 141 cm³/mol. The number of methoxy groups -OCH3 is 1. The van der Waals surface area contributed by atoms with Crippen LogP contribution in [0.1, 0.15) is 16.7 Å². The van der Waals surface area contributed by atoms with E-state index in [0.29, 0.717) is 29.1 Å². The fourth-order valence-electron chi connectivity index (χ4n) is 4.25. The summed E-state index contributed by atoms with van der Waals surface area (Å²) in [5.74, 6) is -0.429. The number of para-hydroxylation sites is 1. The van der Waals surface area contributed by atoms with Gasteiger partial charge in [-0.15, -0.1) is 0 Å². The molecule has 176 valence electrons. The Labute approximate surface area is 212 Å². The maximum atomic E-state index is 13.5. The summed E-state index contributed by atoms with van der Waals surface area (Å²) in [7, 11) is 1.56. The van der Waals surface area contributed by atoms with Crippen LogP contribution < -0.4 is 15.0 Å². The van der Waals surface area contributed by atoms with E-state index in [9.17, 15) is 14.9 Å². The van der Waals surface area contributed by atoms with Crippen molar-refractivity contribution in [3.63, 3.8) is 0 Å². The number of carbonyl (C=O) groups is 2. The van der Waals surface area contributed by atoms with Gasteiger partial charge in [0.1, 0.15) is 11.3 Å². The highest BCUT2D eigenvalue weighted by Gasteiger charge is 2.34. The molecule has 1 fully saturated rings. The van der Waals surface area contributed by atoms with Crippen LogP contribution in [0.25, 0.3) is 17.0 Å². The lowest BCUT2D eigenvalue weighted by Gasteiger charge is -2.29. The van der Waals surface area contributed by atoms with Gasteiger partial charge in [0, 0.05) is 29.2 Å². The molecule has 0 spiro atoms. The largest absolute Gasteiger partial charge is 0.497 e. The van der Waals surface area contributed by atoms with Gasteiger partial charge in [0.25, 0.3) is 11.8 Å². The van der Waals surface area contributed by atoms with Crippen LogP contribution in [-0.4, -0.2) is 28.6 Å². The molecular weight excluding hydrogens is 472 g/mol. The Hall–Kier alpha value is -4.74. The Kier molecular flexibility index (Phi) is 6.07. The van der Waals surface area contributed by atoms with Gasteiger partial charge in [-0.25, -0.2) is 0 Å². The van der Waals surface area contributed by atoms with Crippen molar-refractivity contribution < 1.29 is 14.3 Å². The number of fused-ring (bicyclic) bond motifs is 1. The molecule has 7 nitrogen and oxygen atoms in total. The fourth-order valence-corrected chi connectivity index (χ4v) is 4.53. The number of hydrogen-bond donors (Lipinski definition) is 1. The molecule has 8 heteroatoms. The topological polar surface area (TPSA) is 87.4 Å². The Balaban J connectivity index is 1.56. The summed E-state index contributed by atoms with van der Waals surface area (Å²) >= 11 is 5.30. The summed E-state index contributed by atoms with van der Waals surface area (Å²) in [6.07, 6.45) is 3.47. The zero-order chi connectivity index (χ0) is 25.2. The minimum absolute atomic E-state index is 0.0165. The molecule has 0 unspecified atom stereocenters. The van der Waals surface area contributed by atoms with Crippen LogP contribution in [0, 0.1) is 11.3 Å². The van der Waals surface area contributed by atoms with Crippen LogP contribution in [0.2, 0.25) is 0 Å². The van der Waals surface area contributed by atoms with Gasteiger partial charge in [0.05, 0.1) is 24.4 Å². The average Bonchev–Trinajstić information content (AvgIpc) is 3.24. The van der Waals surface area contributed by atoms with Crippen molar-refractivity contribution in [2.45, 2.75) is 6.54 Å². The van der Waals surface area contributed by atoms with Crippen LogP contribution >= 0.6 is 12.2 Å². The molecule has 0 saturated carbocycles. The van der Waals surface area contributed by atoms with E-state index >= 15 is 0 Å². The number of ether oxygens (including phenoxy) is 1. The third-order valence-corrected chi connectivity index (χ3v) is 6.31. The summed E-state index contributed by atoms with van der Waals surface area (Å²) in [5.41, 5.74) is 3.60. The Morgan fingerprint density at radius 1 is 1.03 bits per heavy atom. The number of carbonyl (C=O) groups excluding carboxylic acids is 2. The third-order valence-electron chi connectivity index (χ3n) is 6.03. The molecule has 1 saturated heterocycles. The fraction of sp³-hybridized carbons (Fsp3) is 0.0714. The summed E-state index contributed by atoms with van der Waals surface area (Å²) in [5, 5.41) is 13.0. The lowest BCUT2D eigenvalue weighted by atomic mass is 10.1. The van der Waals surface area contributed by atoms with E-state index in [0.717, 1.165) is 16.5 Å². The molecule has 1 aromatic heterocycles. The predicted octanol–water partition coefficient (Wildman–Crippen LogP) is 4.40. The van der Waals surface area contributed by atoms with E-state index in [4.69, 9.17) is 17.0 Å². The highest BCUT2D eigenvalue weighted by atomic mass is 32.1. The number of nitrogens with one attached hydrogen (secondary N) is 1. The van der Waals surface area contributed by atoms with Gasteiger partial charge >= 0.3 is 0 Å². The van der Waals surface area contributed by atoms with Crippen molar-refractivity contribution in [2.24, 2.45) is 0 Å². The molecule has 1 aliphatic rings. The number of anilines is 1. The van der Waals surface area contributed by atoms with Crippen molar-refractivity contribution in [3.8, 4) is 11.8 Å². The summed E-state index contributed by atoms with van der Waals surface area (Å²) in [4.78, 5) is 27.6. The smallest absolute Gasteiger partial charge is 0.270 e. The van der Waals surface area contributed by atoms with Crippen molar-refractivity contribution in [3.05, 3.63) is 101 Å². The normalized spacial score (nSPS) is 14.7. The number of thiocarbonyl (C=S) groups is 1. The van der Waals surface area contributed by atoms with Gasteiger partial charge in [0.15, 0.2) is 5.11 Å². The van der Waals surface area contributed by atoms with Gasteiger partial charge in [0.2, 0.25) is 0 Å². The molecule has 0 atom stereocenters. The SMILES string of the molecule is COc1ccc(N2C(=O)C(=Cc3cn(Cc4ccccc4C#N)c4ccccc34)C(=O)NC2=S)cc1. The molecular formula is C28H20N4O3S. The molecule has 0 aliphatic carbocycles. The standard InChI is InChI=1S/C28H20N4O3S/c1-35-22-12-10-21(11-13-22)32-27(34)24(26(33)30-28(32)36)14-20-17-31(25-9-5-4-8-23(20)25)16-19-7-3-2-6-18(19)15-29/h2-14,17H,16H2,1H3,(H,30,33,36). The molecule has 2 heterocycles. The first kappa shape index (κ1) is 23.0. The number of nitriles is 1. The molecule has 0 bridgehead atoms. The number of benzene rings is 3. The Morgan fingerprint density at radius 2 is 1.75 bits per heavy atom. The zero-order valence-electron chi connectivity index (χ0n) is 19.3. The van der Waals surface area contributed by atoms with E-state index < -0.39 is 11.8 Å². The van der Waals surface area contributed by atoms with E-state index in [-0.39, 0.29) is 10.7 Å². The quantitative estimate of drug-likeness (QED) is 0.254. The number of hydrogen-bond acceptors (Lipinski definition) is 5. The average molecular weight is 493 g/mol. The number of aromatic nitrogens is 1. The minimum Gasteiger partial charge on any atom is -0.497 e. The molecule has 2 amide bonds. The second kappa shape index (κ2) is 9.49. The molecule has 0 radical (unpaired) electrons. The lowest BCUT2D eigenvalue weighted by Crippen LogP contribution is -2.54. The molecule has 5 rings (SSSR count). The lowest BCUT2D eigenvalue weighted by molar-refractivity contribution is -0.122. The van der Waals surface area contributed by atoms with Gasteiger partial charge in [-0.1, -0.05) is 36.4 Å². The number of nitrogens with zero attached hydrogens (tertiary/aromatic N) is 3. The van der Waals surface area contributed by atoms with Crippen molar-refractivity contribution in [1.29, 1.82) is 5.26 Å². The first-order chi connectivity index (χ1) is 17.5.